The van der Waals surface area contributed by atoms with E-state index in [0.29, 0.717) is 5.56 Å². The topological polar surface area (TPSA) is 108 Å². The Labute approximate surface area is 122 Å². The summed E-state index contributed by atoms with van der Waals surface area (Å²) in [5.41, 5.74) is -0.965. The molecule has 1 heterocycles. The molecule has 21 heavy (non-hydrogen) atoms. The van der Waals surface area contributed by atoms with Crippen LogP contribution in [0.25, 0.3) is 0 Å². The maximum atomic E-state index is 11.3. The summed E-state index contributed by atoms with van der Waals surface area (Å²) in [6, 6.07) is 5.31. The molecule has 0 saturated heterocycles. The highest BCUT2D eigenvalue weighted by Crippen LogP contribution is 2.25. The summed E-state index contributed by atoms with van der Waals surface area (Å²) in [6.07, 6.45) is 2.46. The van der Waals surface area contributed by atoms with Crippen LogP contribution in [0.5, 0.6) is 0 Å². The van der Waals surface area contributed by atoms with Crippen LogP contribution in [0.2, 0.25) is 5.02 Å². The van der Waals surface area contributed by atoms with E-state index in [1.54, 1.807) is 6.07 Å². The molecule has 108 valence electrons. The smallest absolute Gasteiger partial charge is 0.332 e. The van der Waals surface area contributed by atoms with Crippen molar-refractivity contribution < 1.29 is 9.85 Å². The Morgan fingerprint density at radius 1 is 1.10 bits per heavy atom. The molecule has 2 rings (SSSR count). The summed E-state index contributed by atoms with van der Waals surface area (Å²) in [7, 11) is 0. The van der Waals surface area contributed by atoms with Crippen molar-refractivity contribution in [1.82, 2.24) is 4.57 Å². The Kier molecular flexibility index (Phi) is 3.99. The van der Waals surface area contributed by atoms with Gasteiger partial charge in [-0.05, 0) is 11.6 Å². The minimum atomic E-state index is -0.775. The second kappa shape index (κ2) is 5.71. The number of nitro benzene ring substituents is 1. The summed E-state index contributed by atoms with van der Waals surface area (Å²) in [6.45, 7) is 0.138. The lowest BCUT2D eigenvalue weighted by molar-refractivity contribution is -0.386. The summed E-state index contributed by atoms with van der Waals surface area (Å²) in [5, 5.41) is 21.5. The first-order valence-corrected chi connectivity index (χ1v) is 6.03. The zero-order valence-corrected chi connectivity index (χ0v) is 11.2. The number of aromatic nitrogens is 1. The van der Waals surface area contributed by atoms with Gasteiger partial charge in [0.15, 0.2) is 0 Å². The van der Waals surface area contributed by atoms with Gasteiger partial charge >= 0.3 is 5.69 Å². The first kappa shape index (κ1) is 14.7. The van der Waals surface area contributed by atoms with Crippen molar-refractivity contribution in [2.45, 2.75) is 6.54 Å². The SMILES string of the molecule is O=c1ccn(Cc2ccc(Cl)c([N+](=O)[O-])c2)cc1[N+](=O)[O-]. The second-order valence-electron chi connectivity index (χ2n) is 4.17. The molecule has 0 atom stereocenters. The highest BCUT2D eigenvalue weighted by molar-refractivity contribution is 6.32. The molecule has 0 radical (unpaired) electrons. The monoisotopic (exact) mass is 309 g/mol. The van der Waals surface area contributed by atoms with Gasteiger partial charge in [-0.25, -0.2) is 0 Å². The van der Waals surface area contributed by atoms with Crippen molar-refractivity contribution >= 4 is 23.0 Å². The molecule has 0 aliphatic rings. The lowest BCUT2D eigenvalue weighted by Gasteiger charge is -2.06. The van der Waals surface area contributed by atoms with Crippen LogP contribution in [0.3, 0.4) is 0 Å². The minimum absolute atomic E-state index is 0.00892. The largest absolute Gasteiger partial charge is 0.344 e. The Morgan fingerprint density at radius 3 is 2.38 bits per heavy atom. The molecule has 0 amide bonds. The van der Waals surface area contributed by atoms with E-state index < -0.39 is 21.0 Å². The highest BCUT2D eigenvalue weighted by Gasteiger charge is 2.14. The predicted molar refractivity (Wildman–Crippen MR) is 74.6 cm³/mol. The number of rotatable bonds is 4. The maximum absolute atomic E-state index is 11.3. The molecule has 1 aromatic heterocycles. The van der Waals surface area contributed by atoms with Gasteiger partial charge in [0.25, 0.3) is 11.1 Å². The van der Waals surface area contributed by atoms with Crippen LogP contribution >= 0.6 is 11.6 Å². The molecule has 0 fully saturated rings. The first-order chi connectivity index (χ1) is 9.88. The standard InChI is InChI=1S/C12H8ClN3O5/c13-9-2-1-8(5-10(9)15(18)19)6-14-4-3-12(17)11(7-14)16(20)21/h1-5,7H,6H2. The zero-order chi connectivity index (χ0) is 15.6. The van der Waals surface area contributed by atoms with Crippen LogP contribution in [-0.4, -0.2) is 14.4 Å². The molecule has 9 heteroatoms. The Balaban J connectivity index is 2.37. The number of nitro groups is 2. The average Bonchev–Trinajstić information content (AvgIpc) is 2.42. The molecule has 0 aliphatic carbocycles. The third kappa shape index (κ3) is 3.23. The van der Waals surface area contributed by atoms with Crippen molar-refractivity contribution in [3.05, 3.63) is 77.7 Å². The van der Waals surface area contributed by atoms with E-state index in [9.17, 15) is 25.0 Å². The quantitative estimate of drug-likeness (QED) is 0.636. The number of hydrogen-bond acceptors (Lipinski definition) is 5. The fourth-order valence-corrected chi connectivity index (χ4v) is 1.94. The summed E-state index contributed by atoms with van der Waals surface area (Å²) < 4.78 is 1.40. The third-order valence-corrected chi connectivity index (χ3v) is 3.05. The molecule has 0 aliphatic heterocycles. The molecule has 0 bridgehead atoms. The van der Waals surface area contributed by atoms with Crippen LogP contribution in [-0.2, 0) is 6.54 Å². The molecular weight excluding hydrogens is 302 g/mol. The minimum Gasteiger partial charge on any atom is -0.344 e. The molecule has 0 spiro atoms. The van der Waals surface area contributed by atoms with Crippen LogP contribution in [0.15, 0.2) is 41.5 Å². The number of nitrogens with zero attached hydrogens (tertiary/aromatic N) is 3. The second-order valence-corrected chi connectivity index (χ2v) is 4.57. The Morgan fingerprint density at radius 2 is 1.76 bits per heavy atom. The van der Waals surface area contributed by atoms with Crippen molar-refractivity contribution in [1.29, 1.82) is 0 Å². The van der Waals surface area contributed by atoms with Gasteiger partial charge in [0.1, 0.15) is 5.02 Å². The average molecular weight is 310 g/mol. The maximum Gasteiger partial charge on any atom is 0.332 e. The van der Waals surface area contributed by atoms with Gasteiger partial charge in [-0.3, -0.25) is 25.0 Å². The van der Waals surface area contributed by atoms with Crippen LogP contribution in [0.1, 0.15) is 5.56 Å². The van der Waals surface area contributed by atoms with Gasteiger partial charge in [0.05, 0.1) is 16.0 Å². The highest BCUT2D eigenvalue weighted by atomic mass is 35.5. The number of hydrogen-bond donors (Lipinski definition) is 0. The van der Waals surface area contributed by atoms with Gasteiger partial charge in [-0.15, -0.1) is 0 Å². The van der Waals surface area contributed by atoms with E-state index in [2.05, 4.69) is 0 Å². The zero-order valence-electron chi connectivity index (χ0n) is 10.4. The third-order valence-electron chi connectivity index (χ3n) is 2.73. The number of pyridine rings is 1. The van der Waals surface area contributed by atoms with Crippen molar-refractivity contribution in [2.75, 3.05) is 0 Å². The molecular formula is C12H8ClN3O5. The van der Waals surface area contributed by atoms with Crippen LogP contribution < -0.4 is 5.43 Å². The lowest BCUT2D eigenvalue weighted by Crippen LogP contribution is -2.11. The van der Waals surface area contributed by atoms with Crippen LogP contribution in [0, 0.1) is 20.2 Å². The Bertz CT molecular complexity index is 787. The summed E-state index contributed by atoms with van der Waals surface area (Å²) in [4.78, 5) is 31.4. The Hall–Kier alpha value is -2.74. The van der Waals surface area contributed by atoms with Crippen molar-refractivity contribution in [3.8, 4) is 0 Å². The fourth-order valence-electron chi connectivity index (χ4n) is 1.76. The van der Waals surface area contributed by atoms with Gasteiger partial charge in [0, 0.05) is 24.9 Å². The molecule has 2 aromatic rings. The first-order valence-electron chi connectivity index (χ1n) is 5.66. The molecule has 0 unspecified atom stereocenters. The molecule has 8 nitrogen and oxygen atoms in total. The number of benzene rings is 1. The van der Waals surface area contributed by atoms with Crippen molar-refractivity contribution in [2.24, 2.45) is 0 Å². The van der Waals surface area contributed by atoms with Gasteiger partial charge in [-0.2, -0.15) is 0 Å². The molecule has 1 aromatic carbocycles. The number of halogens is 1. The van der Waals surface area contributed by atoms with Gasteiger partial charge in [-0.1, -0.05) is 17.7 Å². The van der Waals surface area contributed by atoms with E-state index in [-0.39, 0.29) is 17.3 Å². The van der Waals surface area contributed by atoms with Gasteiger partial charge in [0.2, 0.25) is 0 Å². The predicted octanol–water partition coefficient (Wildman–Crippen LogP) is 2.37. The lowest BCUT2D eigenvalue weighted by atomic mass is 10.2. The fraction of sp³-hybridized carbons (Fsp3) is 0.0833. The van der Waals surface area contributed by atoms with E-state index in [4.69, 9.17) is 11.6 Å². The molecule has 0 N–H and O–H groups in total. The van der Waals surface area contributed by atoms with E-state index in [1.165, 1.54) is 22.9 Å². The summed E-state index contributed by atoms with van der Waals surface area (Å²) >= 11 is 5.70. The van der Waals surface area contributed by atoms with Crippen LogP contribution in [0.4, 0.5) is 11.4 Å². The normalized spacial score (nSPS) is 10.3. The molecule has 0 saturated carbocycles. The van der Waals surface area contributed by atoms with Crippen molar-refractivity contribution in [3.63, 3.8) is 0 Å². The van der Waals surface area contributed by atoms with E-state index >= 15 is 0 Å². The van der Waals surface area contributed by atoms with E-state index in [1.807, 2.05) is 0 Å². The van der Waals surface area contributed by atoms with E-state index in [0.717, 1.165) is 12.3 Å². The summed E-state index contributed by atoms with van der Waals surface area (Å²) in [5.74, 6) is 0. The van der Waals surface area contributed by atoms with Gasteiger partial charge < -0.3 is 4.57 Å².